The number of fused-ring (bicyclic) bond motifs is 1. The molecule has 0 radical (unpaired) electrons. The van der Waals surface area contributed by atoms with Crippen LogP contribution in [-0.4, -0.2) is 24.3 Å². The Balaban J connectivity index is 1.37. The number of hydrogen-bond donors (Lipinski definition) is 1. The molecule has 0 atom stereocenters. The van der Waals surface area contributed by atoms with Crippen molar-refractivity contribution in [2.45, 2.75) is 6.92 Å². The Morgan fingerprint density at radius 1 is 0.750 bits per heavy atom. The molecule has 4 rings (SSSR count). The number of aryl methyl sites for hydroxylation is 1. The van der Waals surface area contributed by atoms with Gasteiger partial charge in [-0.25, -0.2) is 4.79 Å². The number of benzene rings is 4. The summed E-state index contributed by atoms with van der Waals surface area (Å²) in [5.74, 6) is -1.10. The summed E-state index contributed by atoms with van der Waals surface area (Å²) in [6.07, 6.45) is 0. The predicted octanol–water partition coefficient (Wildman–Crippen LogP) is 5.44. The fourth-order valence-electron chi connectivity index (χ4n) is 3.36. The van der Waals surface area contributed by atoms with E-state index in [2.05, 4.69) is 5.32 Å². The molecule has 0 aliphatic rings. The quantitative estimate of drug-likeness (QED) is 0.331. The number of amides is 1. The van der Waals surface area contributed by atoms with Gasteiger partial charge in [0.05, 0.1) is 5.56 Å². The Hall–Kier alpha value is -4.25. The van der Waals surface area contributed by atoms with Crippen LogP contribution in [0.1, 0.15) is 36.6 Å². The minimum atomic E-state index is -0.602. The second kappa shape index (κ2) is 9.27. The molecular weight excluding hydrogens is 402 g/mol. The highest BCUT2D eigenvalue weighted by Crippen LogP contribution is 2.19. The third kappa shape index (κ3) is 4.73. The van der Waals surface area contributed by atoms with E-state index in [1.165, 1.54) is 0 Å². The molecule has 1 amide bonds. The van der Waals surface area contributed by atoms with E-state index < -0.39 is 5.97 Å². The topological polar surface area (TPSA) is 72.5 Å². The number of hydrogen-bond acceptors (Lipinski definition) is 4. The summed E-state index contributed by atoms with van der Waals surface area (Å²) in [6, 6.07) is 26.6. The third-order valence-electron chi connectivity index (χ3n) is 5.12. The van der Waals surface area contributed by atoms with Gasteiger partial charge in [-0.2, -0.15) is 0 Å². The Bertz CT molecular complexity index is 1290. The number of anilines is 1. The molecule has 0 aliphatic carbocycles. The molecule has 0 saturated heterocycles. The zero-order chi connectivity index (χ0) is 22.5. The maximum Gasteiger partial charge on any atom is 0.338 e. The van der Waals surface area contributed by atoms with Crippen molar-refractivity contribution in [3.8, 4) is 0 Å². The SMILES string of the molecule is Cc1ccc(C(=O)Nc2ccc(C(=O)OCC(=O)c3cccc4ccccc34)cc2)cc1. The van der Waals surface area contributed by atoms with E-state index >= 15 is 0 Å². The lowest BCUT2D eigenvalue weighted by molar-refractivity contribution is 0.0475. The highest BCUT2D eigenvalue weighted by atomic mass is 16.5. The summed E-state index contributed by atoms with van der Waals surface area (Å²) >= 11 is 0. The summed E-state index contributed by atoms with van der Waals surface area (Å²) in [6.45, 7) is 1.61. The van der Waals surface area contributed by atoms with Crippen molar-refractivity contribution in [2.75, 3.05) is 11.9 Å². The Morgan fingerprint density at radius 3 is 2.16 bits per heavy atom. The number of ketones is 1. The number of ether oxygens (including phenoxy) is 1. The lowest BCUT2D eigenvalue weighted by Gasteiger charge is -2.08. The van der Waals surface area contributed by atoms with Gasteiger partial charge in [-0.1, -0.05) is 60.2 Å². The van der Waals surface area contributed by atoms with Gasteiger partial charge in [-0.05, 0) is 54.1 Å². The first-order chi connectivity index (χ1) is 15.5. The summed E-state index contributed by atoms with van der Waals surface area (Å²) in [4.78, 5) is 37.3. The van der Waals surface area contributed by atoms with Crippen molar-refractivity contribution in [3.05, 3.63) is 113 Å². The summed E-state index contributed by atoms with van der Waals surface area (Å²) in [7, 11) is 0. The molecule has 5 nitrogen and oxygen atoms in total. The maximum absolute atomic E-state index is 12.6. The zero-order valence-electron chi connectivity index (χ0n) is 17.5. The summed E-state index contributed by atoms with van der Waals surface area (Å²) in [5, 5.41) is 4.56. The molecule has 32 heavy (non-hydrogen) atoms. The second-order valence-corrected chi connectivity index (χ2v) is 7.42. The molecule has 158 valence electrons. The van der Waals surface area contributed by atoms with Crippen LogP contribution in [-0.2, 0) is 4.74 Å². The highest BCUT2D eigenvalue weighted by molar-refractivity contribution is 6.09. The lowest BCUT2D eigenvalue weighted by Crippen LogP contribution is -2.15. The van der Waals surface area contributed by atoms with Crippen LogP contribution in [0.2, 0.25) is 0 Å². The van der Waals surface area contributed by atoms with Crippen molar-refractivity contribution >= 4 is 34.1 Å². The number of Topliss-reactive ketones (excluding diaryl/α,β-unsaturated/α-hetero) is 1. The summed E-state index contributed by atoms with van der Waals surface area (Å²) in [5.41, 5.74) is 2.99. The maximum atomic E-state index is 12.6. The van der Waals surface area contributed by atoms with Crippen LogP contribution in [0.4, 0.5) is 5.69 Å². The van der Waals surface area contributed by atoms with Gasteiger partial charge in [0, 0.05) is 16.8 Å². The monoisotopic (exact) mass is 423 g/mol. The fourth-order valence-corrected chi connectivity index (χ4v) is 3.36. The van der Waals surface area contributed by atoms with Crippen LogP contribution >= 0.6 is 0 Å². The number of nitrogens with one attached hydrogen (secondary N) is 1. The molecule has 4 aromatic rings. The molecule has 4 aromatic carbocycles. The molecule has 0 bridgehead atoms. The molecule has 0 heterocycles. The Kier molecular flexibility index (Phi) is 6.08. The number of esters is 1. The standard InChI is InChI=1S/C27H21NO4/c1-18-9-11-20(12-10-18)26(30)28-22-15-13-21(14-16-22)27(31)32-17-25(29)24-8-4-6-19-5-2-3-7-23(19)24/h2-16H,17H2,1H3,(H,28,30). The minimum Gasteiger partial charge on any atom is -0.454 e. The second-order valence-electron chi connectivity index (χ2n) is 7.42. The molecule has 0 fully saturated rings. The molecule has 0 aliphatic heterocycles. The average Bonchev–Trinajstić information content (AvgIpc) is 2.82. The summed E-state index contributed by atoms with van der Waals surface area (Å²) < 4.78 is 5.22. The van der Waals surface area contributed by atoms with Crippen molar-refractivity contribution < 1.29 is 19.1 Å². The number of carbonyl (C=O) groups excluding carboxylic acids is 3. The molecule has 0 spiro atoms. The van der Waals surface area contributed by atoms with Crippen LogP contribution in [0.15, 0.2) is 91.0 Å². The van der Waals surface area contributed by atoms with E-state index in [-0.39, 0.29) is 18.3 Å². The van der Waals surface area contributed by atoms with E-state index in [1.807, 2.05) is 49.4 Å². The molecule has 1 N–H and O–H groups in total. The van der Waals surface area contributed by atoms with Gasteiger partial charge in [0.1, 0.15) is 0 Å². The van der Waals surface area contributed by atoms with Gasteiger partial charge < -0.3 is 10.1 Å². The average molecular weight is 423 g/mol. The van der Waals surface area contributed by atoms with E-state index in [4.69, 9.17) is 4.74 Å². The number of rotatable bonds is 6. The minimum absolute atomic E-state index is 0.235. The molecule has 5 heteroatoms. The van der Waals surface area contributed by atoms with Gasteiger partial charge in [0.25, 0.3) is 5.91 Å². The van der Waals surface area contributed by atoms with Crippen LogP contribution in [0.3, 0.4) is 0 Å². The van der Waals surface area contributed by atoms with Gasteiger partial charge >= 0.3 is 5.97 Å². The van der Waals surface area contributed by atoms with Crippen molar-refractivity contribution in [2.24, 2.45) is 0 Å². The Morgan fingerprint density at radius 2 is 1.41 bits per heavy atom. The van der Waals surface area contributed by atoms with Gasteiger partial charge in [0.2, 0.25) is 5.78 Å². The van der Waals surface area contributed by atoms with E-state index in [1.54, 1.807) is 48.5 Å². The first kappa shape index (κ1) is 21.0. The van der Waals surface area contributed by atoms with Crippen LogP contribution in [0, 0.1) is 6.92 Å². The third-order valence-corrected chi connectivity index (χ3v) is 5.12. The van der Waals surface area contributed by atoms with Gasteiger partial charge in [-0.3, -0.25) is 9.59 Å². The number of carbonyl (C=O) groups is 3. The first-order valence-corrected chi connectivity index (χ1v) is 10.2. The highest BCUT2D eigenvalue weighted by Gasteiger charge is 2.14. The zero-order valence-corrected chi connectivity index (χ0v) is 17.5. The Labute approximate surface area is 185 Å². The smallest absolute Gasteiger partial charge is 0.338 e. The molecule has 0 unspecified atom stereocenters. The van der Waals surface area contributed by atoms with Crippen molar-refractivity contribution in [1.29, 1.82) is 0 Å². The van der Waals surface area contributed by atoms with Crippen LogP contribution in [0.5, 0.6) is 0 Å². The van der Waals surface area contributed by atoms with E-state index in [9.17, 15) is 14.4 Å². The van der Waals surface area contributed by atoms with Gasteiger partial charge in [-0.15, -0.1) is 0 Å². The van der Waals surface area contributed by atoms with Crippen molar-refractivity contribution in [1.82, 2.24) is 0 Å². The normalized spacial score (nSPS) is 10.5. The fraction of sp³-hybridized carbons (Fsp3) is 0.0741. The largest absolute Gasteiger partial charge is 0.454 e. The van der Waals surface area contributed by atoms with E-state index in [0.29, 0.717) is 22.4 Å². The molecule has 0 saturated carbocycles. The molecule has 0 aromatic heterocycles. The van der Waals surface area contributed by atoms with Gasteiger partial charge in [0.15, 0.2) is 6.61 Å². The first-order valence-electron chi connectivity index (χ1n) is 10.2. The predicted molar refractivity (Wildman–Crippen MR) is 124 cm³/mol. The van der Waals surface area contributed by atoms with Crippen LogP contribution in [0.25, 0.3) is 10.8 Å². The van der Waals surface area contributed by atoms with E-state index in [0.717, 1.165) is 16.3 Å². The van der Waals surface area contributed by atoms with Crippen molar-refractivity contribution in [3.63, 3.8) is 0 Å². The lowest BCUT2D eigenvalue weighted by atomic mass is 10.0. The molecular formula is C27H21NO4. The van der Waals surface area contributed by atoms with Crippen LogP contribution < -0.4 is 5.32 Å².